The van der Waals surface area contributed by atoms with Crippen molar-refractivity contribution < 1.29 is 0 Å². The van der Waals surface area contributed by atoms with E-state index in [1.54, 1.807) is 6.33 Å². The van der Waals surface area contributed by atoms with Crippen LogP contribution in [-0.4, -0.2) is 26.1 Å². The van der Waals surface area contributed by atoms with Gasteiger partial charge in [0.2, 0.25) is 0 Å². The largest absolute Gasteiger partial charge is 0.312 e. The quantitative estimate of drug-likeness (QED) is 0.539. The van der Waals surface area contributed by atoms with Crippen LogP contribution in [-0.2, 0) is 6.42 Å². The molecule has 0 atom stereocenters. The van der Waals surface area contributed by atoms with Crippen molar-refractivity contribution in [3.05, 3.63) is 48.5 Å². The van der Waals surface area contributed by atoms with Gasteiger partial charge in [-0.15, -0.1) is 0 Å². The van der Waals surface area contributed by atoms with Crippen LogP contribution in [0.2, 0.25) is 0 Å². The van der Waals surface area contributed by atoms with Crippen molar-refractivity contribution in [1.82, 2.24) is 24.9 Å². The number of hydrogen-bond donors (Lipinski definition) is 2. The molecule has 1 fully saturated rings. The first kappa shape index (κ1) is 15.1. The average molecular weight is 322 g/mol. The smallest absolute Gasteiger partial charge is 0.171 e. The number of hydrogen-bond acceptors (Lipinski definition) is 5. The Labute approximate surface area is 141 Å². The van der Waals surface area contributed by atoms with E-state index in [-0.39, 0.29) is 0 Å². The summed E-state index contributed by atoms with van der Waals surface area (Å²) in [4.78, 5) is 13.3. The highest BCUT2D eigenvalue weighted by molar-refractivity contribution is 5.82. The van der Waals surface area contributed by atoms with Crippen LogP contribution in [0.5, 0.6) is 0 Å². The Morgan fingerprint density at radius 3 is 2.71 bits per heavy atom. The number of anilines is 1. The van der Waals surface area contributed by atoms with E-state index in [4.69, 9.17) is 0 Å². The number of nitrogens with one attached hydrogen (secondary N) is 2. The third-order valence-electron chi connectivity index (χ3n) is 4.67. The lowest BCUT2D eigenvalue weighted by molar-refractivity contribution is 0.529. The molecule has 3 aromatic rings. The molecule has 0 unspecified atom stereocenters. The van der Waals surface area contributed by atoms with Crippen LogP contribution in [0.1, 0.15) is 37.3 Å². The molecule has 6 nitrogen and oxygen atoms in total. The first-order chi connectivity index (χ1) is 11.9. The Balaban J connectivity index is 1.42. The first-order valence-electron chi connectivity index (χ1n) is 8.62. The molecule has 0 spiro atoms. The van der Waals surface area contributed by atoms with Crippen LogP contribution in [0.15, 0.2) is 43.0 Å². The van der Waals surface area contributed by atoms with Gasteiger partial charge in [-0.2, -0.15) is 0 Å². The molecule has 0 bridgehead atoms. The number of benzene rings is 1. The molecule has 2 N–H and O–H groups in total. The fourth-order valence-electron chi connectivity index (χ4n) is 3.39. The summed E-state index contributed by atoms with van der Waals surface area (Å²) in [6.45, 7) is 0.818. The molecule has 1 aliphatic carbocycles. The van der Waals surface area contributed by atoms with Crippen molar-refractivity contribution in [3.8, 4) is 0 Å². The normalized spacial score (nSPS) is 15.2. The van der Waals surface area contributed by atoms with Gasteiger partial charge in [-0.25, -0.2) is 20.4 Å². The van der Waals surface area contributed by atoms with Gasteiger partial charge in [0.05, 0.1) is 6.33 Å². The fourth-order valence-corrected chi connectivity index (χ4v) is 3.39. The maximum Gasteiger partial charge on any atom is 0.171 e. The zero-order valence-corrected chi connectivity index (χ0v) is 13.7. The number of fused-ring (bicyclic) bond motifs is 1. The molecule has 1 saturated carbocycles. The highest BCUT2D eigenvalue weighted by Crippen LogP contribution is 2.32. The second-order valence-electron chi connectivity index (χ2n) is 6.27. The number of aromatic nitrogens is 4. The van der Waals surface area contributed by atoms with Gasteiger partial charge in [0.15, 0.2) is 17.0 Å². The third kappa shape index (κ3) is 3.10. The number of imidazole rings is 1. The Morgan fingerprint density at radius 2 is 1.88 bits per heavy atom. The van der Waals surface area contributed by atoms with E-state index in [2.05, 4.69) is 54.6 Å². The zero-order valence-electron chi connectivity index (χ0n) is 13.7. The summed E-state index contributed by atoms with van der Waals surface area (Å²) in [7, 11) is 0. The van der Waals surface area contributed by atoms with Gasteiger partial charge in [0.1, 0.15) is 6.33 Å². The van der Waals surface area contributed by atoms with E-state index >= 15 is 0 Å². The summed E-state index contributed by atoms with van der Waals surface area (Å²) in [6.07, 6.45) is 9.49. The summed E-state index contributed by atoms with van der Waals surface area (Å²) < 4.78 is 2.21. The van der Waals surface area contributed by atoms with Gasteiger partial charge in [-0.1, -0.05) is 43.2 Å². The highest BCUT2D eigenvalue weighted by atomic mass is 15.4. The Hall–Kier alpha value is -2.47. The van der Waals surface area contributed by atoms with E-state index < -0.39 is 0 Å². The standard InChI is InChI=1S/C18H22N6/c1-2-6-14(7-3-1)10-11-22-23-17-16-18(20-12-19-17)24(13-21-16)15-8-4-5-9-15/h1-3,6-7,12-13,15,22H,4-5,8-11H2,(H,19,20,23). The Morgan fingerprint density at radius 1 is 1.04 bits per heavy atom. The summed E-state index contributed by atoms with van der Waals surface area (Å²) in [5.41, 5.74) is 9.48. The van der Waals surface area contributed by atoms with E-state index in [1.165, 1.54) is 31.2 Å². The molecule has 124 valence electrons. The molecule has 2 heterocycles. The van der Waals surface area contributed by atoms with Crippen molar-refractivity contribution in [2.75, 3.05) is 12.0 Å². The van der Waals surface area contributed by atoms with Crippen LogP contribution in [0.4, 0.5) is 5.82 Å². The highest BCUT2D eigenvalue weighted by Gasteiger charge is 2.20. The van der Waals surface area contributed by atoms with E-state index in [0.29, 0.717) is 6.04 Å². The second-order valence-corrected chi connectivity index (χ2v) is 6.27. The van der Waals surface area contributed by atoms with Gasteiger partial charge < -0.3 is 9.99 Å². The molecule has 0 saturated heterocycles. The number of hydrazine groups is 1. The van der Waals surface area contributed by atoms with E-state index in [9.17, 15) is 0 Å². The van der Waals surface area contributed by atoms with Crippen molar-refractivity contribution in [3.63, 3.8) is 0 Å². The summed E-state index contributed by atoms with van der Waals surface area (Å²) in [6, 6.07) is 11.0. The molecular formula is C18H22N6. The molecular weight excluding hydrogens is 300 g/mol. The molecule has 1 aliphatic rings. The molecule has 0 radical (unpaired) electrons. The molecule has 1 aromatic carbocycles. The van der Waals surface area contributed by atoms with Crippen LogP contribution in [0.25, 0.3) is 11.2 Å². The molecule has 6 heteroatoms. The summed E-state index contributed by atoms with van der Waals surface area (Å²) in [5.74, 6) is 0.741. The molecule has 0 aliphatic heterocycles. The van der Waals surface area contributed by atoms with Gasteiger partial charge in [-0.3, -0.25) is 0 Å². The average Bonchev–Trinajstić information content (AvgIpc) is 3.29. The molecule has 24 heavy (non-hydrogen) atoms. The minimum atomic E-state index is 0.531. The van der Waals surface area contributed by atoms with Crippen molar-refractivity contribution in [2.24, 2.45) is 0 Å². The van der Waals surface area contributed by atoms with Crippen molar-refractivity contribution in [1.29, 1.82) is 0 Å². The first-order valence-corrected chi connectivity index (χ1v) is 8.62. The van der Waals surface area contributed by atoms with E-state index in [1.807, 2.05) is 12.4 Å². The van der Waals surface area contributed by atoms with Crippen molar-refractivity contribution in [2.45, 2.75) is 38.1 Å². The predicted octanol–water partition coefficient (Wildman–Crippen LogP) is 3.10. The maximum atomic E-state index is 4.54. The lowest BCUT2D eigenvalue weighted by Gasteiger charge is -2.12. The topological polar surface area (TPSA) is 67.7 Å². The van der Waals surface area contributed by atoms with Crippen LogP contribution in [0, 0.1) is 0 Å². The minimum absolute atomic E-state index is 0.531. The lowest BCUT2D eigenvalue weighted by atomic mass is 10.2. The van der Waals surface area contributed by atoms with Crippen molar-refractivity contribution >= 4 is 17.0 Å². The molecule has 2 aromatic heterocycles. The molecule has 0 amide bonds. The van der Waals surface area contributed by atoms with Gasteiger partial charge in [0.25, 0.3) is 0 Å². The fraction of sp³-hybridized carbons (Fsp3) is 0.389. The van der Waals surface area contributed by atoms with Gasteiger partial charge in [-0.05, 0) is 24.8 Å². The van der Waals surface area contributed by atoms with Gasteiger partial charge >= 0.3 is 0 Å². The monoisotopic (exact) mass is 322 g/mol. The lowest BCUT2D eigenvalue weighted by Crippen LogP contribution is -2.25. The Kier molecular flexibility index (Phi) is 4.38. The summed E-state index contributed by atoms with van der Waals surface area (Å²) >= 11 is 0. The van der Waals surface area contributed by atoms with Crippen LogP contribution < -0.4 is 10.9 Å². The minimum Gasteiger partial charge on any atom is -0.312 e. The molecule has 4 rings (SSSR count). The maximum absolute atomic E-state index is 4.54. The summed E-state index contributed by atoms with van der Waals surface area (Å²) in [5, 5.41) is 0. The van der Waals surface area contributed by atoms with Gasteiger partial charge in [0, 0.05) is 12.6 Å². The van der Waals surface area contributed by atoms with Crippen LogP contribution >= 0.6 is 0 Å². The Bertz CT molecular complexity index is 792. The van der Waals surface area contributed by atoms with Crippen LogP contribution in [0.3, 0.4) is 0 Å². The predicted molar refractivity (Wildman–Crippen MR) is 94.6 cm³/mol. The third-order valence-corrected chi connectivity index (χ3v) is 4.67. The second kappa shape index (κ2) is 6.97. The zero-order chi connectivity index (χ0) is 16.2. The number of rotatable bonds is 6. The van der Waals surface area contributed by atoms with E-state index in [0.717, 1.165) is 29.9 Å². The SMILES string of the molecule is c1ccc(CCNNc2ncnc3c2ncn3C2CCCC2)cc1. The number of nitrogens with zero attached hydrogens (tertiary/aromatic N) is 4.